The van der Waals surface area contributed by atoms with E-state index in [1.165, 1.54) is 101 Å². The number of carbonyl (C=O) groups excluding carboxylic acids is 1. The Morgan fingerprint density at radius 2 is 1.22 bits per heavy atom. The Kier molecular flexibility index (Phi) is 15.1. The Labute approximate surface area is 228 Å². The summed E-state index contributed by atoms with van der Waals surface area (Å²) in [5.74, 6) is -0.186. The van der Waals surface area contributed by atoms with Crippen molar-refractivity contribution in [1.82, 2.24) is 0 Å². The summed E-state index contributed by atoms with van der Waals surface area (Å²) in [5, 5.41) is 0. The van der Waals surface area contributed by atoms with Crippen LogP contribution >= 0.6 is 0 Å². The van der Waals surface area contributed by atoms with E-state index in [2.05, 4.69) is 74.2 Å². The molecular formula is C34H53NO2. The summed E-state index contributed by atoms with van der Waals surface area (Å²) in [4.78, 5) is 15.1. The van der Waals surface area contributed by atoms with Gasteiger partial charge in [-0.3, -0.25) is 0 Å². The highest BCUT2D eigenvalue weighted by Crippen LogP contribution is 2.37. The molecule has 0 aromatic heterocycles. The molecule has 3 nitrogen and oxygen atoms in total. The largest absolute Gasteiger partial charge is 0.467 e. The SMILES string of the molecule is CCCCCCCCCCCCCCCC(c1ccccc1)N(c1c(C)cccc1C)C(C)C(=O)OC. The fourth-order valence-corrected chi connectivity index (χ4v) is 5.61. The third kappa shape index (κ3) is 10.5. The van der Waals surface area contributed by atoms with E-state index < -0.39 is 0 Å². The molecule has 0 aliphatic rings. The van der Waals surface area contributed by atoms with E-state index in [0.29, 0.717) is 0 Å². The van der Waals surface area contributed by atoms with Crippen LogP contribution in [0, 0.1) is 13.8 Å². The molecule has 0 N–H and O–H groups in total. The van der Waals surface area contributed by atoms with Crippen molar-refractivity contribution in [2.75, 3.05) is 12.0 Å². The number of esters is 1. The maximum atomic E-state index is 12.8. The van der Waals surface area contributed by atoms with Gasteiger partial charge in [-0.2, -0.15) is 0 Å². The molecule has 2 atom stereocenters. The molecule has 0 saturated carbocycles. The van der Waals surface area contributed by atoms with Crippen LogP contribution in [0.3, 0.4) is 0 Å². The number of para-hydroxylation sites is 1. The molecule has 0 heterocycles. The Bertz CT molecular complexity index is 858. The van der Waals surface area contributed by atoms with Crippen LogP contribution in [0.4, 0.5) is 5.69 Å². The summed E-state index contributed by atoms with van der Waals surface area (Å²) < 4.78 is 5.22. The van der Waals surface area contributed by atoms with Crippen molar-refractivity contribution in [3.63, 3.8) is 0 Å². The maximum absolute atomic E-state index is 12.8. The van der Waals surface area contributed by atoms with Crippen LogP contribution in [-0.4, -0.2) is 19.1 Å². The van der Waals surface area contributed by atoms with Crippen molar-refractivity contribution in [1.29, 1.82) is 0 Å². The summed E-state index contributed by atoms with van der Waals surface area (Å²) in [6, 6.07) is 16.8. The molecule has 3 heteroatoms. The predicted octanol–water partition coefficient (Wildman–Crippen LogP) is 9.89. The third-order valence-corrected chi connectivity index (χ3v) is 7.76. The molecule has 0 aliphatic carbocycles. The Balaban J connectivity index is 1.97. The molecular weight excluding hydrogens is 454 g/mol. The highest BCUT2D eigenvalue weighted by atomic mass is 16.5. The second kappa shape index (κ2) is 18.0. The van der Waals surface area contributed by atoms with E-state index in [1.54, 1.807) is 0 Å². The van der Waals surface area contributed by atoms with Crippen LogP contribution in [0.1, 0.15) is 126 Å². The quantitative estimate of drug-likeness (QED) is 0.140. The van der Waals surface area contributed by atoms with Gasteiger partial charge in [-0.1, -0.05) is 139 Å². The van der Waals surface area contributed by atoms with Crippen LogP contribution in [-0.2, 0) is 9.53 Å². The zero-order chi connectivity index (χ0) is 26.9. The van der Waals surface area contributed by atoms with Crippen molar-refractivity contribution in [3.05, 3.63) is 65.2 Å². The van der Waals surface area contributed by atoms with Crippen LogP contribution in [0.2, 0.25) is 0 Å². The lowest BCUT2D eigenvalue weighted by atomic mass is 9.94. The van der Waals surface area contributed by atoms with Gasteiger partial charge in [-0.15, -0.1) is 0 Å². The van der Waals surface area contributed by atoms with Gasteiger partial charge in [0.1, 0.15) is 6.04 Å². The van der Waals surface area contributed by atoms with Gasteiger partial charge in [0.15, 0.2) is 0 Å². The van der Waals surface area contributed by atoms with Gasteiger partial charge in [-0.05, 0) is 43.9 Å². The van der Waals surface area contributed by atoms with E-state index in [-0.39, 0.29) is 18.1 Å². The summed E-state index contributed by atoms with van der Waals surface area (Å²) in [7, 11) is 1.49. The fraction of sp³-hybridized carbons (Fsp3) is 0.618. The number of nitrogens with zero attached hydrogens (tertiary/aromatic N) is 1. The molecule has 37 heavy (non-hydrogen) atoms. The second-order valence-corrected chi connectivity index (χ2v) is 10.8. The monoisotopic (exact) mass is 507 g/mol. The number of benzene rings is 2. The van der Waals surface area contributed by atoms with Crippen LogP contribution < -0.4 is 4.90 Å². The van der Waals surface area contributed by atoms with Crippen molar-refractivity contribution >= 4 is 11.7 Å². The van der Waals surface area contributed by atoms with Gasteiger partial charge >= 0.3 is 5.97 Å². The van der Waals surface area contributed by atoms with Crippen molar-refractivity contribution in [3.8, 4) is 0 Å². The number of hydrogen-bond acceptors (Lipinski definition) is 3. The van der Waals surface area contributed by atoms with Crippen molar-refractivity contribution < 1.29 is 9.53 Å². The summed E-state index contributed by atoms with van der Waals surface area (Å²) in [6.45, 7) is 8.56. The van der Waals surface area contributed by atoms with Gasteiger partial charge in [-0.25, -0.2) is 4.79 Å². The smallest absolute Gasteiger partial charge is 0.328 e. The Morgan fingerprint density at radius 3 is 1.70 bits per heavy atom. The number of unbranched alkanes of at least 4 members (excludes halogenated alkanes) is 12. The zero-order valence-corrected chi connectivity index (χ0v) is 24.4. The predicted molar refractivity (Wildman–Crippen MR) is 159 cm³/mol. The Morgan fingerprint density at radius 1 is 0.730 bits per heavy atom. The van der Waals surface area contributed by atoms with Gasteiger partial charge in [0.05, 0.1) is 13.2 Å². The molecule has 0 amide bonds. The van der Waals surface area contributed by atoms with E-state index in [0.717, 1.165) is 18.5 Å². The van der Waals surface area contributed by atoms with Crippen LogP contribution in [0.5, 0.6) is 0 Å². The average Bonchev–Trinajstić information content (AvgIpc) is 2.91. The molecule has 0 spiro atoms. The molecule has 0 radical (unpaired) electrons. The number of anilines is 1. The van der Waals surface area contributed by atoms with E-state index in [9.17, 15) is 4.79 Å². The lowest BCUT2D eigenvalue weighted by Gasteiger charge is -2.39. The number of hydrogen-bond donors (Lipinski definition) is 0. The molecule has 0 aliphatic heterocycles. The molecule has 2 aromatic rings. The van der Waals surface area contributed by atoms with E-state index in [4.69, 9.17) is 4.74 Å². The first kappa shape index (κ1) is 30.9. The Hall–Kier alpha value is -2.29. The summed E-state index contributed by atoms with van der Waals surface area (Å²) in [5.41, 5.74) is 4.81. The standard InChI is InChI=1S/C34H53NO2/c1-6-7-8-9-10-11-12-13-14-15-16-17-21-27-32(31-25-19-18-20-26-31)35(30(4)34(36)37-5)33-28(2)23-22-24-29(33)3/h18-20,22-26,30,32H,6-17,21,27H2,1-5H3. The van der Waals surface area contributed by atoms with Crippen LogP contribution in [0.15, 0.2) is 48.5 Å². The summed E-state index contributed by atoms with van der Waals surface area (Å²) >= 11 is 0. The van der Waals surface area contributed by atoms with Gasteiger partial charge in [0.25, 0.3) is 0 Å². The molecule has 206 valence electrons. The topological polar surface area (TPSA) is 29.5 Å². The molecule has 2 rings (SSSR count). The molecule has 2 unspecified atom stereocenters. The normalized spacial score (nSPS) is 12.8. The number of rotatable bonds is 19. The minimum absolute atomic E-state index is 0.128. The average molecular weight is 508 g/mol. The van der Waals surface area contributed by atoms with Crippen LogP contribution in [0.25, 0.3) is 0 Å². The molecule has 0 saturated heterocycles. The maximum Gasteiger partial charge on any atom is 0.328 e. The van der Waals surface area contributed by atoms with Crippen molar-refractivity contribution in [2.24, 2.45) is 0 Å². The van der Waals surface area contributed by atoms with Gasteiger partial charge in [0, 0.05) is 5.69 Å². The lowest BCUT2D eigenvalue weighted by molar-refractivity contribution is -0.142. The third-order valence-electron chi connectivity index (χ3n) is 7.76. The fourth-order valence-electron chi connectivity index (χ4n) is 5.61. The minimum Gasteiger partial charge on any atom is -0.467 e. The van der Waals surface area contributed by atoms with Gasteiger partial charge in [0.2, 0.25) is 0 Å². The first-order valence-corrected chi connectivity index (χ1v) is 15.0. The second-order valence-electron chi connectivity index (χ2n) is 10.8. The highest BCUT2D eigenvalue weighted by molar-refractivity contribution is 5.81. The van der Waals surface area contributed by atoms with E-state index >= 15 is 0 Å². The number of aryl methyl sites for hydroxylation is 2. The summed E-state index contributed by atoms with van der Waals surface area (Å²) in [6.07, 6.45) is 18.6. The zero-order valence-electron chi connectivity index (χ0n) is 24.4. The molecule has 0 fully saturated rings. The first-order valence-electron chi connectivity index (χ1n) is 15.0. The molecule has 2 aromatic carbocycles. The highest BCUT2D eigenvalue weighted by Gasteiger charge is 2.31. The number of ether oxygens (including phenoxy) is 1. The molecule has 0 bridgehead atoms. The first-order chi connectivity index (χ1) is 18.0. The van der Waals surface area contributed by atoms with E-state index in [1.807, 2.05) is 6.92 Å². The minimum atomic E-state index is -0.364. The number of carbonyl (C=O) groups is 1. The lowest BCUT2D eigenvalue weighted by Crippen LogP contribution is -2.43. The van der Waals surface area contributed by atoms with Gasteiger partial charge < -0.3 is 9.64 Å². The van der Waals surface area contributed by atoms with Crippen molar-refractivity contribution in [2.45, 2.75) is 130 Å². The number of methoxy groups -OCH3 is 1.